The average Bonchev–Trinajstić information content (AvgIpc) is 3.07. The fourth-order valence-corrected chi connectivity index (χ4v) is 3.45. The number of rotatable bonds is 7. The van der Waals surface area contributed by atoms with Crippen LogP contribution in [0.5, 0.6) is 10.8 Å². The lowest BCUT2D eigenvalue weighted by molar-refractivity contribution is -0.887. The van der Waals surface area contributed by atoms with Crippen LogP contribution in [0, 0.1) is 0 Å². The molecule has 1 N–H and O–H groups in total. The molecule has 0 aromatic carbocycles. The molecule has 0 unspecified atom stereocenters. The van der Waals surface area contributed by atoms with Crippen molar-refractivity contribution in [2.45, 2.75) is 25.7 Å². The van der Waals surface area contributed by atoms with Crippen molar-refractivity contribution in [1.29, 1.82) is 0 Å². The molecule has 114 valence electrons. The van der Waals surface area contributed by atoms with Gasteiger partial charge in [-0.25, -0.2) is 0 Å². The Labute approximate surface area is 130 Å². The molecule has 1 saturated heterocycles. The number of nitrogens with one attached hydrogen (secondary N) is 1. The van der Waals surface area contributed by atoms with Gasteiger partial charge in [-0.3, -0.25) is 4.79 Å². The summed E-state index contributed by atoms with van der Waals surface area (Å²) in [5.41, 5.74) is 0. The summed E-state index contributed by atoms with van der Waals surface area (Å²) in [6.07, 6.45) is 4.22. The van der Waals surface area contributed by atoms with Crippen LogP contribution in [0.25, 0.3) is 0 Å². The SMILES string of the molecule is COc1cc(OC)c(C(=O)CCC[NH+]2CCCC2)s1.[Cl-]. The number of hydrogen-bond acceptors (Lipinski definition) is 4. The summed E-state index contributed by atoms with van der Waals surface area (Å²) in [7, 11) is 3.20. The number of carbonyl (C=O) groups is 1. The van der Waals surface area contributed by atoms with Gasteiger partial charge in [0.25, 0.3) is 0 Å². The lowest BCUT2D eigenvalue weighted by Gasteiger charge is -2.10. The highest BCUT2D eigenvalue weighted by molar-refractivity contribution is 7.16. The number of thiophene rings is 1. The van der Waals surface area contributed by atoms with E-state index in [-0.39, 0.29) is 18.2 Å². The van der Waals surface area contributed by atoms with Gasteiger partial charge < -0.3 is 26.8 Å². The largest absolute Gasteiger partial charge is 1.00 e. The Morgan fingerprint density at radius 1 is 1.30 bits per heavy atom. The molecule has 4 nitrogen and oxygen atoms in total. The van der Waals surface area contributed by atoms with E-state index in [0.717, 1.165) is 18.0 Å². The zero-order valence-corrected chi connectivity index (χ0v) is 13.6. The molecule has 1 aromatic rings. The van der Waals surface area contributed by atoms with Crippen LogP contribution in [0.4, 0.5) is 0 Å². The number of likely N-dealkylation sites (tertiary alicyclic amines) is 1. The van der Waals surface area contributed by atoms with Crippen LogP contribution in [-0.2, 0) is 0 Å². The quantitative estimate of drug-likeness (QED) is 0.616. The smallest absolute Gasteiger partial charge is 0.177 e. The van der Waals surface area contributed by atoms with E-state index < -0.39 is 0 Å². The third-order valence-corrected chi connectivity index (χ3v) is 4.71. The summed E-state index contributed by atoms with van der Waals surface area (Å²) in [6, 6.07) is 1.78. The zero-order valence-electron chi connectivity index (χ0n) is 12.0. The van der Waals surface area contributed by atoms with Gasteiger partial charge in [0.1, 0.15) is 10.6 Å². The first kappa shape index (κ1) is 17.3. The van der Waals surface area contributed by atoms with Crippen molar-refractivity contribution in [3.8, 4) is 10.8 Å². The minimum atomic E-state index is 0. The predicted octanol–water partition coefficient (Wildman–Crippen LogP) is -1.59. The number of quaternary nitrogens is 1. The van der Waals surface area contributed by atoms with Crippen molar-refractivity contribution in [3.63, 3.8) is 0 Å². The van der Waals surface area contributed by atoms with Gasteiger partial charge in [0.05, 0.1) is 33.9 Å². The average molecular weight is 320 g/mol. The van der Waals surface area contributed by atoms with Gasteiger partial charge in [-0.1, -0.05) is 11.3 Å². The summed E-state index contributed by atoms with van der Waals surface area (Å²) in [4.78, 5) is 14.5. The first-order chi connectivity index (χ1) is 9.24. The van der Waals surface area contributed by atoms with E-state index in [9.17, 15) is 4.79 Å². The summed E-state index contributed by atoms with van der Waals surface area (Å²) in [5.74, 6) is 0.809. The van der Waals surface area contributed by atoms with Crippen LogP contribution in [0.15, 0.2) is 6.07 Å². The molecule has 0 aliphatic carbocycles. The summed E-state index contributed by atoms with van der Waals surface area (Å²) >= 11 is 1.37. The molecule has 0 radical (unpaired) electrons. The Kier molecular flexibility index (Phi) is 7.34. The second-order valence-corrected chi connectivity index (χ2v) is 5.92. The highest BCUT2D eigenvalue weighted by Crippen LogP contribution is 2.35. The summed E-state index contributed by atoms with van der Waals surface area (Å²) < 4.78 is 10.4. The van der Waals surface area contributed by atoms with Crippen LogP contribution in [-0.4, -0.2) is 39.6 Å². The lowest BCUT2D eigenvalue weighted by atomic mass is 10.2. The number of hydrogen-bond donors (Lipinski definition) is 1. The third-order valence-electron chi connectivity index (χ3n) is 3.59. The van der Waals surface area contributed by atoms with Crippen molar-refractivity contribution < 1.29 is 31.6 Å². The topological polar surface area (TPSA) is 40.0 Å². The van der Waals surface area contributed by atoms with Crippen LogP contribution in [0.2, 0.25) is 0 Å². The number of ketones is 1. The van der Waals surface area contributed by atoms with Crippen molar-refractivity contribution in [2.75, 3.05) is 33.9 Å². The monoisotopic (exact) mass is 319 g/mol. The van der Waals surface area contributed by atoms with Crippen molar-refractivity contribution in [1.82, 2.24) is 0 Å². The predicted molar refractivity (Wildman–Crippen MR) is 75.8 cm³/mol. The molecule has 1 fully saturated rings. The molecule has 0 spiro atoms. The maximum atomic E-state index is 12.2. The Morgan fingerprint density at radius 2 is 2.00 bits per heavy atom. The number of Topliss-reactive ketones (excluding diaryl/α,β-unsaturated/α-hetero) is 1. The Hall–Kier alpha value is -0.780. The van der Waals surface area contributed by atoms with E-state index in [0.29, 0.717) is 17.0 Å². The summed E-state index contributed by atoms with van der Waals surface area (Å²) in [5, 5.41) is 0.727. The minimum Gasteiger partial charge on any atom is -1.00 e. The zero-order chi connectivity index (χ0) is 13.7. The van der Waals surface area contributed by atoms with E-state index in [1.165, 1.54) is 37.3 Å². The highest BCUT2D eigenvalue weighted by atomic mass is 35.5. The molecule has 1 aromatic heterocycles. The van der Waals surface area contributed by atoms with Crippen molar-refractivity contribution in [3.05, 3.63) is 10.9 Å². The van der Waals surface area contributed by atoms with Gasteiger partial charge in [0, 0.05) is 31.7 Å². The number of carbonyl (C=O) groups excluding carboxylic acids is 1. The maximum absolute atomic E-state index is 12.2. The molecule has 0 bridgehead atoms. The normalized spacial score (nSPS) is 14.9. The molecular weight excluding hydrogens is 298 g/mol. The highest BCUT2D eigenvalue weighted by Gasteiger charge is 2.19. The van der Waals surface area contributed by atoms with Crippen molar-refractivity contribution in [2.24, 2.45) is 0 Å². The van der Waals surface area contributed by atoms with Gasteiger partial charge in [-0.15, -0.1) is 0 Å². The maximum Gasteiger partial charge on any atom is 0.177 e. The van der Waals surface area contributed by atoms with Gasteiger partial charge in [0.15, 0.2) is 10.8 Å². The molecule has 2 rings (SSSR count). The van der Waals surface area contributed by atoms with Crippen LogP contribution in [0.1, 0.15) is 35.4 Å². The van der Waals surface area contributed by atoms with E-state index >= 15 is 0 Å². The fourth-order valence-electron chi connectivity index (χ4n) is 2.54. The van der Waals surface area contributed by atoms with Gasteiger partial charge in [-0.2, -0.15) is 0 Å². The van der Waals surface area contributed by atoms with E-state index in [4.69, 9.17) is 9.47 Å². The molecule has 0 amide bonds. The Bertz CT molecular complexity index is 430. The lowest BCUT2D eigenvalue weighted by Crippen LogP contribution is -3.10. The molecule has 0 saturated carbocycles. The van der Waals surface area contributed by atoms with Crippen LogP contribution < -0.4 is 26.8 Å². The van der Waals surface area contributed by atoms with Crippen LogP contribution in [0.3, 0.4) is 0 Å². The second kappa shape index (κ2) is 8.49. The first-order valence-corrected chi connectivity index (χ1v) is 7.65. The number of ether oxygens (including phenoxy) is 2. The second-order valence-electron chi connectivity index (χ2n) is 4.90. The molecule has 0 atom stereocenters. The van der Waals surface area contributed by atoms with E-state index in [1.807, 2.05) is 0 Å². The Balaban J connectivity index is 0.00000200. The molecular formula is C14H22ClNO3S. The van der Waals surface area contributed by atoms with E-state index in [1.54, 1.807) is 25.2 Å². The van der Waals surface area contributed by atoms with Crippen molar-refractivity contribution >= 4 is 17.1 Å². The Morgan fingerprint density at radius 3 is 2.60 bits per heavy atom. The molecule has 1 aliphatic heterocycles. The third kappa shape index (κ3) is 4.36. The standard InChI is InChI=1S/C14H21NO3S.ClH/c1-17-12-10-13(18-2)19-14(12)11(16)6-5-9-15-7-3-4-8-15;/h10H,3-9H2,1-2H3;1H. The fraction of sp³-hybridized carbons (Fsp3) is 0.643. The van der Waals surface area contributed by atoms with E-state index in [2.05, 4.69) is 0 Å². The molecule has 1 aliphatic rings. The number of methoxy groups -OCH3 is 2. The van der Waals surface area contributed by atoms with Gasteiger partial charge >= 0.3 is 0 Å². The summed E-state index contributed by atoms with van der Waals surface area (Å²) in [6.45, 7) is 3.64. The number of halogens is 1. The first-order valence-electron chi connectivity index (χ1n) is 6.83. The molecule has 6 heteroatoms. The molecule has 20 heavy (non-hydrogen) atoms. The van der Waals surface area contributed by atoms with Crippen LogP contribution >= 0.6 is 11.3 Å². The van der Waals surface area contributed by atoms with Gasteiger partial charge in [-0.05, 0) is 0 Å². The minimum absolute atomic E-state index is 0. The van der Waals surface area contributed by atoms with Gasteiger partial charge in [0.2, 0.25) is 0 Å². The molecule has 2 heterocycles.